The Kier molecular flexibility index (Phi) is 3.95. The molecule has 17 heavy (non-hydrogen) atoms. The maximum atomic E-state index is 9.66. The van der Waals surface area contributed by atoms with Crippen molar-refractivity contribution in [2.45, 2.75) is 38.1 Å². The first-order valence-electron chi connectivity index (χ1n) is 6.28. The highest BCUT2D eigenvalue weighted by Gasteiger charge is 2.33. The lowest BCUT2D eigenvalue weighted by molar-refractivity contribution is 0.155. The topological polar surface area (TPSA) is 32.3 Å². The van der Waals surface area contributed by atoms with Crippen LogP contribution in [-0.2, 0) is 0 Å². The molecule has 0 atom stereocenters. The molecule has 1 aromatic rings. The van der Waals surface area contributed by atoms with Crippen LogP contribution in [0.2, 0.25) is 5.02 Å². The standard InChI is InChI=1S/C14H20ClNO/c1-11-6-8-14(10-17,9-7-11)16-13-4-2-12(15)3-5-13/h2-5,11,16-17H,6-10H2,1H3. The molecule has 1 aliphatic carbocycles. The lowest BCUT2D eigenvalue weighted by Gasteiger charge is -2.39. The fourth-order valence-electron chi connectivity index (χ4n) is 2.48. The van der Waals surface area contributed by atoms with Crippen molar-refractivity contribution >= 4 is 17.3 Å². The van der Waals surface area contributed by atoms with Crippen LogP contribution in [0.5, 0.6) is 0 Å². The molecule has 0 amide bonds. The Hall–Kier alpha value is -0.730. The summed E-state index contributed by atoms with van der Waals surface area (Å²) in [5.74, 6) is 0.779. The molecular weight excluding hydrogens is 234 g/mol. The van der Waals surface area contributed by atoms with Gasteiger partial charge in [0.1, 0.15) is 0 Å². The van der Waals surface area contributed by atoms with Gasteiger partial charge in [0.2, 0.25) is 0 Å². The van der Waals surface area contributed by atoms with E-state index in [0.29, 0.717) is 0 Å². The first kappa shape index (κ1) is 12.7. The van der Waals surface area contributed by atoms with Crippen LogP contribution in [0.4, 0.5) is 5.69 Å². The molecule has 1 fully saturated rings. The van der Waals surface area contributed by atoms with Crippen molar-refractivity contribution in [1.82, 2.24) is 0 Å². The summed E-state index contributed by atoms with van der Waals surface area (Å²) < 4.78 is 0. The van der Waals surface area contributed by atoms with Gasteiger partial charge in [-0.15, -0.1) is 0 Å². The average molecular weight is 254 g/mol. The van der Waals surface area contributed by atoms with Gasteiger partial charge in [0, 0.05) is 10.7 Å². The third kappa shape index (κ3) is 3.14. The minimum Gasteiger partial charge on any atom is -0.394 e. The van der Waals surface area contributed by atoms with Crippen molar-refractivity contribution in [3.05, 3.63) is 29.3 Å². The number of hydrogen-bond acceptors (Lipinski definition) is 2. The molecule has 1 aliphatic rings. The van der Waals surface area contributed by atoms with Crippen LogP contribution in [0, 0.1) is 5.92 Å². The number of benzene rings is 1. The number of rotatable bonds is 3. The van der Waals surface area contributed by atoms with E-state index in [1.807, 2.05) is 24.3 Å². The molecular formula is C14H20ClNO. The van der Waals surface area contributed by atoms with E-state index in [1.165, 1.54) is 12.8 Å². The van der Waals surface area contributed by atoms with Crippen molar-refractivity contribution in [2.75, 3.05) is 11.9 Å². The molecule has 0 aliphatic heterocycles. The normalized spacial score (nSPS) is 29.0. The van der Waals surface area contributed by atoms with Gasteiger partial charge in [0.05, 0.1) is 12.1 Å². The monoisotopic (exact) mass is 253 g/mol. The molecule has 2 rings (SSSR count). The summed E-state index contributed by atoms with van der Waals surface area (Å²) in [4.78, 5) is 0. The fraction of sp³-hybridized carbons (Fsp3) is 0.571. The lowest BCUT2D eigenvalue weighted by Crippen LogP contribution is -2.45. The van der Waals surface area contributed by atoms with Crippen LogP contribution in [-0.4, -0.2) is 17.3 Å². The van der Waals surface area contributed by atoms with Crippen LogP contribution in [0.25, 0.3) is 0 Å². The van der Waals surface area contributed by atoms with Crippen molar-refractivity contribution in [3.63, 3.8) is 0 Å². The number of anilines is 1. The van der Waals surface area contributed by atoms with E-state index >= 15 is 0 Å². The lowest BCUT2D eigenvalue weighted by atomic mass is 9.77. The summed E-state index contributed by atoms with van der Waals surface area (Å²) in [6, 6.07) is 7.69. The predicted molar refractivity (Wildman–Crippen MR) is 72.5 cm³/mol. The molecule has 2 nitrogen and oxygen atoms in total. The van der Waals surface area contributed by atoms with Crippen molar-refractivity contribution in [2.24, 2.45) is 5.92 Å². The zero-order valence-corrected chi connectivity index (χ0v) is 11.0. The Balaban J connectivity index is 2.06. The Morgan fingerprint density at radius 2 is 1.88 bits per heavy atom. The van der Waals surface area contributed by atoms with Crippen molar-refractivity contribution in [3.8, 4) is 0 Å². The van der Waals surface area contributed by atoms with E-state index < -0.39 is 0 Å². The predicted octanol–water partition coefficient (Wildman–Crippen LogP) is 3.69. The van der Waals surface area contributed by atoms with Gasteiger partial charge in [0.25, 0.3) is 0 Å². The Bertz CT molecular complexity index is 355. The molecule has 0 unspecified atom stereocenters. The highest BCUT2D eigenvalue weighted by molar-refractivity contribution is 6.30. The molecule has 1 aromatic carbocycles. The van der Waals surface area contributed by atoms with Crippen molar-refractivity contribution in [1.29, 1.82) is 0 Å². The van der Waals surface area contributed by atoms with Gasteiger partial charge in [-0.25, -0.2) is 0 Å². The first-order valence-corrected chi connectivity index (χ1v) is 6.66. The number of hydrogen-bond donors (Lipinski definition) is 2. The van der Waals surface area contributed by atoms with Gasteiger partial charge in [-0.05, 0) is 55.9 Å². The quantitative estimate of drug-likeness (QED) is 0.861. The second-order valence-corrected chi connectivity index (χ2v) is 5.69. The largest absolute Gasteiger partial charge is 0.394 e. The van der Waals surface area contributed by atoms with Gasteiger partial charge >= 0.3 is 0 Å². The second kappa shape index (κ2) is 5.28. The second-order valence-electron chi connectivity index (χ2n) is 5.25. The SMILES string of the molecule is CC1CCC(CO)(Nc2ccc(Cl)cc2)CC1. The Labute approximate surface area is 108 Å². The maximum Gasteiger partial charge on any atom is 0.0661 e. The van der Waals surface area contributed by atoms with Gasteiger partial charge < -0.3 is 10.4 Å². The smallest absolute Gasteiger partial charge is 0.0661 e. The van der Waals surface area contributed by atoms with Gasteiger partial charge in [-0.2, -0.15) is 0 Å². The third-order valence-corrected chi connectivity index (χ3v) is 4.04. The summed E-state index contributed by atoms with van der Waals surface area (Å²) in [7, 11) is 0. The van der Waals surface area contributed by atoms with E-state index in [9.17, 15) is 5.11 Å². The highest BCUT2D eigenvalue weighted by Crippen LogP contribution is 2.34. The molecule has 2 N–H and O–H groups in total. The summed E-state index contributed by atoms with van der Waals surface area (Å²) in [6.45, 7) is 2.48. The summed E-state index contributed by atoms with van der Waals surface area (Å²) in [6.07, 6.45) is 4.43. The molecule has 0 aromatic heterocycles. The van der Waals surface area contributed by atoms with E-state index in [4.69, 9.17) is 11.6 Å². The van der Waals surface area contributed by atoms with E-state index in [2.05, 4.69) is 12.2 Å². The van der Waals surface area contributed by atoms with E-state index in [1.54, 1.807) is 0 Å². The molecule has 0 bridgehead atoms. The van der Waals surface area contributed by atoms with Crippen LogP contribution in [0.15, 0.2) is 24.3 Å². The first-order chi connectivity index (χ1) is 8.13. The number of aliphatic hydroxyl groups is 1. The number of nitrogens with one attached hydrogen (secondary N) is 1. The zero-order chi connectivity index (χ0) is 12.3. The molecule has 0 radical (unpaired) electrons. The van der Waals surface area contributed by atoms with Crippen LogP contribution in [0.1, 0.15) is 32.6 Å². The molecule has 3 heteroatoms. The van der Waals surface area contributed by atoms with Gasteiger partial charge in [0.15, 0.2) is 0 Å². The van der Waals surface area contributed by atoms with Gasteiger partial charge in [-0.3, -0.25) is 0 Å². The van der Waals surface area contributed by atoms with Crippen LogP contribution < -0.4 is 5.32 Å². The van der Waals surface area contributed by atoms with Crippen LogP contribution >= 0.6 is 11.6 Å². The Morgan fingerprint density at radius 1 is 1.29 bits per heavy atom. The molecule has 0 saturated heterocycles. The van der Waals surface area contributed by atoms with Gasteiger partial charge in [-0.1, -0.05) is 18.5 Å². The minimum absolute atomic E-state index is 0.139. The maximum absolute atomic E-state index is 9.66. The zero-order valence-electron chi connectivity index (χ0n) is 10.2. The third-order valence-electron chi connectivity index (χ3n) is 3.79. The molecule has 1 saturated carbocycles. The fourth-order valence-corrected chi connectivity index (χ4v) is 2.60. The minimum atomic E-state index is -0.139. The molecule has 0 spiro atoms. The summed E-state index contributed by atoms with van der Waals surface area (Å²) in [5, 5.41) is 13.9. The number of halogens is 1. The average Bonchev–Trinajstić information content (AvgIpc) is 2.35. The van der Waals surface area contributed by atoms with E-state index in [-0.39, 0.29) is 12.1 Å². The van der Waals surface area contributed by atoms with E-state index in [0.717, 1.165) is 29.5 Å². The van der Waals surface area contributed by atoms with Crippen LogP contribution in [0.3, 0.4) is 0 Å². The molecule has 0 heterocycles. The summed E-state index contributed by atoms with van der Waals surface area (Å²) in [5.41, 5.74) is 0.901. The Morgan fingerprint density at radius 3 is 2.41 bits per heavy atom. The summed E-state index contributed by atoms with van der Waals surface area (Å²) >= 11 is 5.86. The van der Waals surface area contributed by atoms with Crippen molar-refractivity contribution < 1.29 is 5.11 Å². The highest BCUT2D eigenvalue weighted by atomic mass is 35.5. The number of aliphatic hydroxyl groups excluding tert-OH is 1. The molecule has 94 valence electrons.